The molecule has 2 heterocycles. The third kappa shape index (κ3) is 4.80. The Morgan fingerprint density at radius 3 is 2.74 bits per heavy atom. The first-order valence-corrected chi connectivity index (χ1v) is 9.38. The van der Waals surface area contributed by atoms with Gasteiger partial charge in [-0.2, -0.15) is 0 Å². The molecule has 138 valence electrons. The fraction of sp³-hybridized carbons (Fsp3) is 0.190. The second-order valence-corrected chi connectivity index (χ2v) is 7.17. The molecule has 0 aliphatic rings. The molecule has 1 aromatic carbocycles. The highest BCUT2D eigenvalue weighted by molar-refractivity contribution is 7.21. The zero-order valence-corrected chi connectivity index (χ0v) is 15.8. The number of hydrogen-bond donors (Lipinski definition) is 1. The average Bonchev–Trinajstić information content (AvgIpc) is 3.11. The van der Waals surface area contributed by atoms with Crippen LogP contribution in [-0.2, 0) is 16.1 Å². The number of hydrogen-bond acceptors (Lipinski definition) is 5. The highest BCUT2D eigenvalue weighted by Gasteiger charge is 2.14. The second-order valence-electron chi connectivity index (χ2n) is 6.12. The van der Waals surface area contributed by atoms with Crippen LogP contribution >= 0.6 is 11.3 Å². The first-order chi connectivity index (χ1) is 13.0. The number of rotatable bonds is 7. The van der Waals surface area contributed by atoms with Crippen LogP contribution in [-0.4, -0.2) is 23.4 Å². The summed E-state index contributed by atoms with van der Waals surface area (Å²) < 4.78 is 6.14. The first kappa shape index (κ1) is 18.8. The van der Waals surface area contributed by atoms with Gasteiger partial charge in [-0.3, -0.25) is 14.6 Å². The first-order valence-electron chi connectivity index (χ1n) is 8.57. The number of carbonyl (C=O) groups excluding carboxylic acids is 2. The monoisotopic (exact) mass is 380 g/mol. The van der Waals surface area contributed by atoms with Gasteiger partial charge in [0.15, 0.2) is 0 Å². The number of nitrogens with one attached hydrogen (secondary N) is 1. The fourth-order valence-corrected chi connectivity index (χ4v) is 3.69. The van der Waals surface area contributed by atoms with Crippen molar-refractivity contribution in [2.45, 2.75) is 20.0 Å². The third-order valence-corrected chi connectivity index (χ3v) is 5.11. The fourth-order valence-electron chi connectivity index (χ4n) is 2.56. The Morgan fingerprint density at radius 1 is 1.22 bits per heavy atom. The Kier molecular flexibility index (Phi) is 5.98. The Labute approximate surface area is 161 Å². The van der Waals surface area contributed by atoms with Gasteiger partial charge in [-0.1, -0.05) is 36.9 Å². The van der Waals surface area contributed by atoms with E-state index in [0.717, 1.165) is 26.9 Å². The van der Waals surface area contributed by atoms with Gasteiger partial charge in [-0.05, 0) is 35.8 Å². The number of esters is 1. The number of ether oxygens (including phenoxy) is 1. The summed E-state index contributed by atoms with van der Waals surface area (Å²) >= 11 is 1.38. The van der Waals surface area contributed by atoms with Crippen LogP contribution in [0.25, 0.3) is 15.8 Å². The number of carbonyl (C=O) groups is 2. The zero-order valence-electron chi connectivity index (χ0n) is 15.0. The molecule has 0 aliphatic heterocycles. The van der Waals surface area contributed by atoms with Gasteiger partial charge in [-0.25, -0.2) is 0 Å². The number of thiophene rings is 1. The standard InChI is InChI=1S/C21H20N2O3S/c1-14(2)16-8-10-22-17-12-18(27-20(16)17)21(25)23-11-9-19(24)26-13-15-6-4-3-5-7-15/h3-8,10,12H,1,9,11,13H2,2H3,(H,23,25). The lowest BCUT2D eigenvalue weighted by Gasteiger charge is -2.05. The van der Waals surface area contributed by atoms with Gasteiger partial charge < -0.3 is 10.1 Å². The van der Waals surface area contributed by atoms with Crippen molar-refractivity contribution in [1.29, 1.82) is 0 Å². The molecule has 0 atom stereocenters. The molecule has 27 heavy (non-hydrogen) atoms. The molecule has 1 N–H and O–H groups in total. The quantitative estimate of drug-likeness (QED) is 0.624. The highest BCUT2D eigenvalue weighted by atomic mass is 32.1. The van der Waals surface area contributed by atoms with E-state index in [2.05, 4.69) is 16.9 Å². The summed E-state index contributed by atoms with van der Waals surface area (Å²) in [4.78, 5) is 29.0. The number of benzene rings is 1. The minimum atomic E-state index is -0.346. The molecule has 0 radical (unpaired) electrons. The molecule has 1 amide bonds. The van der Waals surface area contributed by atoms with Crippen molar-refractivity contribution in [3.63, 3.8) is 0 Å². The van der Waals surface area contributed by atoms with Gasteiger partial charge >= 0.3 is 5.97 Å². The highest BCUT2D eigenvalue weighted by Crippen LogP contribution is 2.30. The molecular formula is C21H20N2O3S. The van der Waals surface area contributed by atoms with Gasteiger partial charge in [0, 0.05) is 12.7 Å². The lowest BCUT2D eigenvalue weighted by Crippen LogP contribution is -2.25. The molecule has 0 saturated heterocycles. The van der Waals surface area contributed by atoms with Crippen molar-refractivity contribution in [2.24, 2.45) is 0 Å². The summed E-state index contributed by atoms with van der Waals surface area (Å²) in [5, 5.41) is 2.76. The number of aromatic nitrogens is 1. The zero-order chi connectivity index (χ0) is 19.2. The molecule has 3 aromatic rings. The summed E-state index contributed by atoms with van der Waals surface area (Å²) in [5.74, 6) is -0.566. The van der Waals surface area contributed by atoms with E-state index in [4.69, 9.17) is 4.74 Å². The van der Waals surface area contributed by atoms with Gasteiger partial charge in [0.2, 0.25) is 0 Å². The summed E-state index contributed by atoms with van der Waals surface area (Å²) in [7, 11) is 0. The largest absolute Gasteiger partial charge is 0.461 e. The molecular weight excluding hydrogens is 360 g/mol. The topological polar surface area (TPSA) is 68.3 Å². The SMILES string of the molecule is C=C(C)c1ccnc2cc(C(=O)NCCC(=O)OCc3ccccc3)sc12. The van der Waals surface area contributed by atoms with E-state index in [-0.39, 0.29) is 31.4 Å². The minimum Gasteiger partial charge on any atom is -0.461 e. The smallest absolute Gasteiger partial charge is 0.307 e. The summed E-state index contributed by atoms with van der Waals surface area (Å²) in [6, 6.07) is 13.1. The van der Waals surface area contributed by atoms with Crippen molar-refractivity contribution < 1.29 is 14.3 Å². The van der Waals surface area contributed by atoms with Crippen LogP contribution in [0, 0.1) is 0 Å². The predicted octanol–water partition coefficient (Wildman–Crippen LogP) is 4.19. The van der Waals surface area contributed by atoms with E-state index in [1.165, 1.54) is 11.3 Å². The van der Waals surface area contributed by atoms with Crippen LogP contribution in [0.2, 0.25) is 0 Å². The van der Waals surface area contributed by atoms with Crippen molar-refractivity contribution in [3.8, 4) is 0 Å². The molecule has 0 saturated carbocycles. The van der Waals surface area contributed by atoms with Crippen molar-refractivity contribution in [1.82, 2.24) is 10.3 Å². The number of amides is 1. The van der Waals surface area contributed by atoms with Crippen LogP contribution < -0.4 is 5.32 Å². The van der Waals surface area contributed by atoms with Gasteiger partial charge in [0.1, 0.15) is 6.61 Å². The molecule has 2 aromatic heterocycles. The Hall–Kier alpha value is -2.99. The number of nitrogens with zero attached hydrogens (tertiary/aromatic N) is 1. The van der Waals surface area contributed by atoms with Crippen molar-refractivity contribution in [3.05, 3.63) is 71.2 Å². The molecule has 5 nitrogen and oxygen atoms in total. The molecule has 0 bridgehead atoms. The lowest BCUT2D eigenvalue weighted by molar-refractivity contribution is -0.144. The van der Waals surface area contributed by atoms with Gasteiger partial charge in [0.25, 0.3) is 5.91 Å². The predicted molar refractivity (Wildman–Crippen MR) is 108 cm³/mol. The van der Waals surface area contributed by atoms with Crippen molar-refractivity contribution in [2.75, 3.05) is 6.54 Å². The maximum Gasteiger partial charge on any atom is 0.307 e. The van der Waals surface area contributed by atoms with Crippen LogP contribution in [0.5, 0.6) is 0 Å². The number of fused-ring (bicyclic) bond motifs is 1. The van der Waals surface area contributed by atoms with Crippen LogP contribution in [0.3, 0.4) is 0 Å². The van der Waals surface area contributed by atoms with Crippen LogP contribution in [0.15, 0.2) is 55.2 Å². The van der Waals surface area contributed by atoms with E-state index in [1.54, 1.807) is 12.3 Å². The number of allylic oxidation sites excluding steroid dienone is 1. The molecule has 6 heteroatoms. The summed E-state index contributed by atoms with van der Waals surface area (Å²) in [6.45, 7) is 6.35. The van der Waals surface area contributed by atoms with Gasteiger partial charge in [-0.15, -0.1) is 11.3 Å². The Balaban J connectivity index is 1.52. The lowest BCUT2D eigenvalue weighted by atomic mass is 10.1. The van der Waals surface area contributed by atoms with E-state index < -0.39 is 0 Å². The van der Waals surface area contributed by atoms with Crippen LogP contribution in [0.1, 0.15) is 34.1 Å². The molecule has 0 aliphatic carbocycles. The average molecular weight is 380 g/mol. The van der Waals surface area contributed by atoms with E-state index in [0.29, 0.717) is 4.88 Å². The molecule has 0 unspecified atom stereocenters. The Morgan fingerprint density at radius 2 is 2.00 bits per heavy atom. The molecule has 0 spiro atoms. The Bertz CT molecular complexity index is 980. The van der Waals surface area contributed by atoms with E-state index >= 15 is 0 Å². The number of pyridine rings is 1. The summed E-state index contributed by atoms with van der Waals surface area (Å²) in [6.07, 6.45) is 1.84. The maximum absolute atomic E-state index is 12.4. The van der Waals surface area contributed by atoms with E-state index in [9.17, 15) is 9.59 Å². The maximum atomic E-state index is 12.4. The third-order valence-electron chi connectivity index (χ3n) is 3.95. The van der Waals surface area contributed by atoms with Crippen LogP contribution in [0.4, 0.5) is 0 Å². The summed E-state index contributed by atoms with van der Waals surface area (Å²) in [5.41, 5.74) is 3.62. The van der Waals surface area contributed by atoms with Gasteiger partial charge in [0.05, 0.1) is 21.5 Å². The second kappa shape index (κ2) is 8.60. The normalized spacial score (nSPS) is 10.6. The van der Waals surface area contributed by atoms with Crippen molar-refractivity contribution >= 4 is 39.0 Å². The molecule has 3 rings (SSSR count). The molecule has 0 fully saturated rings. The van der Waals surface area contributed by atoms with E-state index in [1.807, 2.05) is 43.3 Å². The minimum absolute atomic E-state index is 0.124.